The van der Waals surface area contributed by atoms with Crippen LogP contribution in [0.3, 0.4) is 0 Å². The van der Waals surface area contributed by atoms with Crippen molar-refractivity contribution in [3.63, 3.8) is 0 Å². The molecule has 33 heavy (non-hydrogen) atoms. The van der Waals surface area contributed by atoms with Crippen LogP contribution in [0.15, 0.2) is 43.1 Å². The predicted molar refractivity (Wildman–Crippen MR) is 125 cm³/mol. The molecule has 9 nitrogen and oxygen atoms in total. The molecular weight excluding hydrogens is 418 g/mol. The summed E-state index contributed by atoms with van der Waals surface area (Å²) in [4.78, 5) is 24.9. The van der Waals surface area contributed by atoms with E-state index in [0.29, 0.717) is 29.7 Å². The van der Waals surface area contributed by atoms with Crippen molar-refractivity contribution < 1.29 is 9.53 Å². The van der Waals surface area contributed by atoms with Crippen LogP contribution in [0.4, 0.5) is 17.3 Å². The number of nitriles is 1. The third kappa shape index (κ3) is 5.66. The summed E-state index contributed by atoms with van der Waals surface area (Å²) in [6.45, 7) is 2.99. The molecule has 0 amide bonds. The Bertz CT molecular complexity index is 1130. The molecule has 0 aromatic carbocycles. The molecular formula is C24H27N7O2. The lowest BCUT2D eigenvalue weighted by Gasteiger charge is -2.23. The standard InChI is InChI=1S/C24H27N7O2/c1-2-33-24(32)18-8-9-31(16-18)21-14-29-22(30-23-15-26-19(11-25)13-28-23)10-20(21)27-12-17-6-4-3-5-7-17/h8-10,13-17H,2-7,12H2,1H3,(H2,27,28,29,30). The van der Waals surface area contributed by atoms with Crippen molar-refractivity contribution in [2.24, 2.45) is 5.92 Å². The first-order valence-corrected chi connectivity index (χ1v) is 11.2. The second-order valence-electron chi connectivity index (χ2n) is 8.02. The molecule has 9 heteroatoms. The Morgan fingerprint density at radius 1 is 1.18 bits per heavy atom. The molecule has 0 saturated heterocycles. The zero-order chi connectivity index (χ0) is 23.0. The summed E-state index contributed by atoms with van der Waals surface area (Å²) in [7, 11) is 0. The van der Waals surface area contributed by atoms with Crippen LogP contribution in [0, 0.1) is 17.2 Å². The van der Waals surface area contributed by atoms with E-state index >= 15 is 0 Å². The Morgan fingerprint density at radius 3 is 2.73 bits per heavy atom. The molecule has 0 bridgehead atoms. The fourth-order valence-electron chi connectivity index (χ4n) is 3.97. The number of nitrogens with zero attached hydrogens (tertiary/aromatic N) is 5. The van der Waals surface area contributed by atoms with E-state index in [2.05, 4.69) is 25.6 Å². The van der Waals surface area contributed by atoms with Gasteiger partial charge in [0.05, 0.1) is 42.1 Å². The molecule has 0 unspecified atom stereocenters. The van der Waals surface area contributed by atoms with E-state index in [9.17, 15) is 4.79 Å². The highest BCUT2D eigenvalue weighted by Crippen LogP contribution is 2.28. The van der Waals surface area contributed by atoms with Crippen LogP contribution in [-0.2, 0) is 4.74 Å². The van der Waals surface area contributed by atoms with Crippen molar-refractivity contribution in [1.29, 1.82) is 5.26 Å². The van der Waals surface area contributed by atoms with Gasteiger partial charge < -0.3 is 19.9 Å². The van der Waals surface area contributed by atoms with E-state index in [0.717, 1.165) is 17.9 Å². The Hall–Kier alpha value is -3.93. The number of pyridine rings is 1. The number of aromatic nitrogens is 4. The van der Waals surface area contributed by atoms with Gasteiger partial charge in [-0.25, -0.2) is 19.7 Å². The minimum Gasteiger partial charge on any atom is -0.462 e. The molecule has 2 N–H and O–H groups in total. The minimum absolute atomic E-state index is 0.253. The maximum absolute atomic E-state index is 12.1. The molecule has 3 aromatic rings. The fraction of sp³-hybridized carbons (Fsp3) is 0.375. The smallest absolute Gasteiger partial charge is 0.339 e. The summed E-state index contributed by atoms with van der Waals surface area (Å²) in [5.41, 5.74) is 2.47. The minimum atomic E-state index is -0.349. The average Bonchev–Trinajstić information content (AvgIpc) is 3.34. The van der Waals surface area contributed by atoms with Gasteiger partial charge in [0.1, 0.15) is 17.7 Å². The molecule has 0 spiro atoms. The Kier molecular flexibility index (Phi) is 7.15. The topological polar surface area (TPSA) is 118 Å². The highest BCUT2D eigenvalue weighted by atomic mass is 16.5. The third-order valence-electron chi connectivity index (χ3n) is 5.69. The number of esters is 1. The number of rotatable bonds is 8. The van der Waals surface area contributed by atoms with E-state index in [4.69, 9.17) is 10.00 Å². The van der Waals surface area contributed by atoms with Gasteiger partial charge in [0.25, 0.3) is 0 Å². The van der Waals surface area contributed by atoms with Crippen molar-refractivity contribution >= 4 is 23.3 Å². The van der Waals surface area contributed by atoms with E-state index in [1.807, 2.05) is 22.9 Å². The number of carbonyl (C=O) groups is 1. The van der Waals surface area contributed by atoms with Crippen LogP contribution in [0.1, 0.15) is 55.1 Å². The quantitative estimate of drug-likeness (QED) is 0.489. The zero-order valence-corrected chi connectivity index (χ0v) is 18.6. The van der Waals surface area contributed by atoms with Crippen molar-refractivity contribution in [2.75, 3.05) is 23.8 Å². The Balaban J connectivity index is 1.58. The molecule has 1 aliphatic rings. The van der Waals surface area contributed by atoms with Crippen LogP contribution in [0.5, 0.6) is 0 Å². The first-order chi connectivity index (χ1) is 16.2. The molecule has 3 aromatic heterocycles. The summed E-state index contributed by atoms with van der Waals surface area (Å²) in [5, 5.41) is 15.6. The van der Waals surface area contributed by atoms with Crippen LogP contribution in [0.2, 0.25) is 0 Å². The van der Waals surface area contributed by atoms with Gasteiger partial charge in [-0.05, 0) is 31.7 Å². The van der Waals surface area contributed by atoms with Crippen molar-refractivity contribution in [2.45, 2.75) is 39.0 Å². The zero-order valence-electron chi connectivity index (χ0n) is 18.6. The number of ether oxygens (including phenoxy) is 1. The van der Waals surface area contributed by atoms with Crippen molar-refractivity contribution in [3.8, 4) is 11.8 Å². The van der Waals surface area contributed by atoms with Gasteiger partial charge in [0, 0.05) is 25.0 Å². The fourth-order valence-corrected chi connectivity index (χ4v) is 3.97. The molecule has 1 aliphatic carbocycles. The number of nitrogens with one attached hydrogen (secondary N) is 2. The van der Waals surface area contributed by atoms with Gasteiger partial charge in [-0.1, -0.05) is 19.3 Å². The van der Waals surface area contributed by atoms with E-state index in [-0.39, 0.29) is 11.7 Å². The van der Waals surface area contributed by atoms with Gasteiger partial charge in [-0.15, -0.1) is 0 Å². The molecule has 170 valence electrons. The second kappa shape index (κ2) is 10.6. The summed E-state index contributed by atoms with van der Waals surface area (Å²) in [5.74, 6) is 1.39. The largest absolute Gasteiger partial charge is 0.462 e. The van der Waals surface area contributed by atoms with Gasteiger partial charge in [-0.2, -0.15) is 5.26 Å². The monoisotopic (exact) mass is 445 g/mol. The molecule has 0 aliphatic heterocycles. The lowest BCUT2D eigenvalue weighted by molar-refractivity contribution is 0.0526. The number of carbonyl (C=O) groups excluding carboxylic acids is 1. The van der Waals surface area contributed by atoms with Crippen molar-refractivity contribution in [3.05, 3.63) is 54.4 Å². The third-order valence-corrected chi connectivity index (χ3v) is 5.69. The number of hydrogen-bond donors (Lipinski definition) is 2. The van der Waals surface area contributed by atoms with E-state index in [1.165, 1.54) is 44.5 Å². The van der Waals surface area contributed by atoms with Gasteiger partial charge in [-0.3, -0.25) is 0 Å². The van der Waals surface area contributed by atoms with Gasteiger partial charge in [0.2, 0.25) is 0 Å². The number of hydrogen-bond acceptors (Lipinski definition) is 8. The predicted octanol–water partition coefficient (Wildman–Crippen LogP) is 4.45. The SMILES string of the molecule is CCOC(=O)c1ccn(-c2cnc(Nc3cnc(C#N)cn3)cc2NCC2CCCCC2)c1. The van der Waals surface area contributed by atoms with Crippen molar-refractivity contribution in [1.82, 2.24) is 19.5 Å². The summed E-state index contributed by atoms with van der Waals surface area (Å²) < 4.78 is 6.98. The molecule has 4 rings (SSSR count). The lowest BCUT2D eigenvalue weighted by atomic mass is 9.89. The number of anilines is 3. The maximum atomic E-state index is 12.1. The Morgan fingerprint density at radius 2 is 2.00 bits per heavy atom. The normalized spacial score (nSPS) is 13.8. The summed E-state index contributed by atoms with van der Waals surface area (Å²) in [6.07, 6.45) is 14.6. The summed E-state index contributed by atoms with van der Waals surface area (Å²) in [6, 6.07) is 5.61. The van der Waals surface area contributed by atoms with Gasteiger partial charge >= 0.3 is 5.97 Å². The van der Waals surface area contributed by atoms with Gasteiger partial charge in [0.15, 0.2) is 5.69 Å². The molecule has 1 saturated carbocycles. The first kappa shape index (κ1) is 22.3. The van der Waals surface area contributed by atoms with Crippen LogP contribution in [-0.4, -0.2) is 38.6 Å². The first-order valence-electron chi connectivity index (χ1n) is 11.2. The highest BCUT2D eigenvalue weighted by Gasteiger charge is 2.16. The molecule has 1 fully saturated rings. The van der Waals surface area contributed by atoms with Crippen LogP contribution in [0.25, 0.3) is 5.69 Å². The van der Waals surface area contributed by atoms with E-state index in [1.54, 1.807) is 25.4 Å². The Labute approximate surface area is 192 Å². The second-order valence-corrected chi connectivity index (χ2v) is 8.02. The molecule has 0 atom stereocenters. The van der Waals surface area contributed by atoms with Crippen LogP contribution < -0.4 is 10.6 Å². The lowest BCUT2D eigenvalue weighted by Crippen LogP contribution is -2.18. The average molecular weight is 446 g/mol. The molecule has 3 heterocycles. The van der Waals surface area contributed by atoms with E-state index < -0.39 is 0 Å². The highest BCUT2D eigenvalue weighted by molar-refractivity contribution is 5.89. The van der Waals surface area contributed by atoms with Crippen LogP contribution >= 0.6 is 0 Å². The summed E-state index contributed by atoms with van der Waals surface area (Å²) >= 11 is 0. The maximum Gasteiger partial charge on any atom is 0.339 e. The molecule has 0 radical (unpaired) electrons.